The monoisotopic (exact) mass is 364 g/mol. The number of ether oxygens (including phenoxy) is 3. The van der Waals surface area contributed by atoms with Crippen LogP contribution >= 0.6 is 24.0 Å². The molecular weight excluding hydrogens is 343 g/mol. The second-order valence-corrected chi connectivity index (χ2v) is 5.23. The molecule has 0 saturated carbocycles. The molecule has 1 saturated heterocycles. The van der Waals surface area contributed by atoms with Gasteiger partial charge in [-0.2, -0.15) is 0 Å². The molecule has 1 unspecified atom stereocenters. The highest BCUT2D eigenvalue weighted by molar-refractivity contribution is 6.32. The van der Waals surface area contributed by atoms with Gasteiger partial charge in [0, 0.05) is 19.6 Å². The van der Waals surface area contributed by atoms with E-state index in [1.54, 1.807) is 19.2 Å². The first-order valence-corrected chi connectivity index (χ1v) is 7.62. The molecule has 1 atom stereocenters. The summed E-state index contributed by atoms with van der Waals surface area (Å²) < 4.78 is 16.2. The summed E-state index contributed by atoms with van der Waals surface area (Å²) in [7, 11) is 1.55. The van der Waals surface area contributed by atoms with E-state index in [2.05, 4.69) is 10.6 Å². The van der Waals surface area contributed by atoms with E-state index < -0.39 is 6.10 Å². The lowest BCUT2D eigenvalue weighted by atomic mass is 10.2. The second-order valence-electron chi connectivity index (χ2n) is 4.82. The van der Waals surface area contributed by atoms with E-state index in [0.717, 1.165) is 12.1 Å². The van der Waals surface area contributed by atoms with Gasteiger partial charge in [0.25, 0.3) is 5.91 Å². The molecule has 0 bridgehead atoms. The lowest BCUT2D eigenvalue weighted by Crippen LogP contribution is -2.47. The lowest BCUT2D eigenvalue weighted by molar-refractivity contribution is -0.134. The number of methoxy groups -OCH3 is 1. The molecule has 6 nitrogen and oxygen atoms in total. The first-order chi connectivity index (χ1) is 10.7. The maximum atomic E-state index is 12.0. The predicted molar refractivity (Wildman–Crippen MR) is 90.9 cm³/mol. The van der Waals surface area contributed by atoms with Gasteiger partial charge in [-0.1, -0.05) is 11.6 Å². The third-order valence-electron chi connectivity index (χ3n) is 3.26. The smallest absolute Gasteiger partial charge is 0.250 e. The Morgan fingerprint density at radius 1 is 1.52 bits per heavy atom. The van der Waals surface area contributed by atoms with Gasteiger partial charge in [0.2, 0.25) is 0 Å². The molecule has 2 rings (SSSR count). The zero-order valence-corrected chi connectivity index (χ0v) is 14.8. The molecule has 0 aliphatic carbocycles. The van der Waals surface area contributed by atoms with Crippen LogP contribution in [0.4, 0.5) is 0 Å². The maximum Gasteiger partial charge on any atom is 0.250 e. The van der Waals surface area contributed by atoms with E-state index in [1.165, 1.54) is 0 Å². The minimum atomic E-state index is -0.450. The summed E-state index contributed by atoms with van der Waals surface area (Å²) in [6.07, 6.45) is -0.450. The summed E-state index contributed by atoms with van der Waals surface area (Å²) in [5.74, 6) is 0.923. The Bertz CT molecular complexity index is 522. The normalized spacial score (nSPS) is 17.1. The number of amides is 1. The molecule has 1 aromatic carbocycles. The fourth-order valence-electron chi connectivity index (χ4n) is 2.20. The van der Waals surface area contributed by atoms with Crippen LogP contribution in [0.5, 0.6) is 11.5 Å². The van der Waals surface area contributed by atoms with Crippen LogP contribution in [-0.2, 0) is 16.1 Å². The topological polar surface area (TPSA) is 68.8 Å². The summed E-state index contributed by atoms with van der Waals surface area (Å²) >= 11 is 6.20. The number of hydrogen-bond donors (Lipinski definition) is 2. The predicted octanol–water partition coefficient (Wildman–Crippen LogP) is 1.77. The second kappa shape index (κ2) is 9.82. The molecule has 1 aliphatic heterocycles. The number of hydrogen-bond acceptors (Lipinski definition) is 5. The van der Waals surface area contributed by atoms with E-state index in [4.69, 9.17) is 25.8 Å². The van der Waals surface area contributed by atoms with Crippen LogP contribution < -0.4 is 20.1 Å². The highest BCUT2D eigenvalue weighted by Crippen LogP contribution is 2.36. The van der Waals surface area contributed by atoms with Gasteiger partial charge in [0.1, 0.15) is 6.10 Å². The van der Waals surface area contributed by atoms with Crippen molar-refractivity contribution < 1.29 is 19.0 Å². The molecule has 1 amide bonds. The number of benzene rings is 1. The molecule has 1 heterocycles. The highest BCUT2D eigenvalue weighted by Gasteiger charge is 2.21. The molecule has 1 aliphatic rings. The molecule has 1 aromatic rings. The highest BCUT2D eigenvalue weighted by atomic mass is 35.5. The first kappa shape index (κ1) is 19.8. The van der Waals surface area contributed by atoms with Crippen LogP contribution in [-0.4, -0.2) is 45.4 Å². The Hall–Kier alpha value is -1.21. The van der Waals surface area contributed by atoms with Crippen molar-refractivity contribution in [2.75, 3.05) is 33.4 Å². The van der Waals surface area contributed by atoms with Gasteiger partial charge in [-0.05, 0) is 24.6 Å². The van der Waals surface area contributed by atoms with Crippen molar-refractivity contribution in [1.29, 1.82) is 0 Å². The molecule has 130 valence electrons. The van der Waals surface area contributed by atoms with Crippen molar-refractivity contribution in [3.8, 4) is 11.5 Å². The maximum absolute atomic E-state index is 12.0. The summed E-state index contributed by atoms with van der Waals surface area (Å²) in [5.41, 5.74) is 0.836. The van der Waals surface area contributed by atoms with Gasteiger partial charge >= 0.3 is 0 Å². The van der Waals surface area contributed by atoms with Gasteiger partial charge in [-0.15, -0.1) is 12.4 Å². The molecule has 2 N–H and O–H groups in total. The van der Waals surface area contributed by atoms with Crippen molar-refractivity contribution in [1.82, 2.24) is 10.6 Å². The van der Waals surface area contributed by atoms with Gasteiger partial charge in [0.15, 0.2) is 11.5 Å². The van der Waals surface area contributed by atoms with Crippen molar-refractivity contribution >= 4 is 29.9 Å². The fraction of sp³-hybridized carbons (Fsp3) is 0.533. The minimum absolute atomic E-state index is 0. The van der Waals surface area contributed by atoms with Crippen molar-refractivity contribution in [2.24, 2.45) is 0 Å². The van der Waals surface area contributed by atoms with Gasteiger partial charge < -0.3 is 24.8 Å². The Balaban J connectivity index is 0.00000264. The van der Waals surface area contributed by atoms with Crippen LogP contribution in [0.1, 0.15) is 12.5 Å². The van der Waals surface area contributed by atoms with Gasteiger partial charge in [-0.25, -0.2) is 0 Å². The van der Waals surface area contributed by atoms with Crippen LogP contribution in [0, 0.1) is 0 Å². The largest absolute Gasteiger partial charge is 0.493 e. The van der Waals surface area contributed by atoms with E-state index >= 15 is 0 Å². The Morgan fingerprint density at radius 3 is 2.91 bits per heavy atom. The zero-order chi connectivity index (χ0) is 15.9. The number of carbonyl (C=O) groups excluding carboxylic acids is 1. The average molecular weight is 365 g/mol. The Labute approximate surface area is 147 Å². The molecule has 1 fully saturated rings. The molecule has 8 heteroatoms. The standard InChI is InChI=1S/C15H21ClN2O4.ClH/c1-3-21-14-11(16)6-10(7-12(14)20-2)8-18-15(19)13-9-17-4-5-22-13;/h6-7,13,17H,3-5,8-9H2,1-2H3,(H,18,19);1H. The summed E-state index contributed by atoms with van der Waals surface area (Å²) in [5, 5.41) is 6.42. The summed E-state index contributed by atoms with van der Waals surface area (Å²) in [6, 6.07) is 3.56. The van der Waals surface area contributed by atoms with Crippen molar-refractivity contribution in [2.45, 2.75) is 19.6 Å². The van der Waals surface area contributed by atoms with E-state index in [9.17, 15) is 4.79 Å². The van der Waals surface area contributed by atoms with Crippen LogP contribution in [0.3, 0.4) is 0 Å². The number of halogens is 2. The van der Waals surface area contributed by atoms with Crippen LogP contribution in [0.2, 0.25) is 5.02 Å². The van der Waals surface area contributed by atoms with Gasteiger partial charge in [-0.3, -0.25) is 4.79 Å². The quantitative estimate of drug-likeness (QED) is 0.804. The molecular formula is C15H22Cl2N2O4. The number of rotatable bonds is 6. The first-order valence-electron chi connectivity index (χ1n) is 7.25. The lowest BCUT2D eigenvalue weighted by Gasteiger charge is -2.22. The fourth-order valence-corrected chi connectivity index (χ4v) is 2.48. The molecule has 0 aromatic heterocycles. The summed E-state index contributed by atoms with van der Waals surface area (Å²) in [4.78, 5) is 12.0. The van der Waals surface area contributed by atoms with E-state index in [-0.39, 0.29) is 18.3 Å². The SMILES string of the molecule is CCOc1c(Cl)cc(CNC(=O)C2CNCCO2)cc1OC.Cl. The zero-order valence-electron chi connectivity index (χ0n) is 13.2. The third kappa shape index (κ3) is 5.42. The molecule has 23 heavy (non-hydrogen) atoms. The van der Waals surface area contributed by atoms with Gasteiger partial charge in [0.05, 0.1) is 25.3 Å². The van der Waals surface area contributed by atoms with Crippen LogP contribution in [0.15, 0.2) is 12.1 Å². The van der Waals surface area contributed by atoms with E-state index in [1.807, 2.05) is 6.92 Å². The summed E-state index contributed by atoms with van der Waals surface area (Å²) in [6.45, 7) is 4.57. The van der Waals surface area contributed by atoms with Crippen molar-refractivity contribution in [3.63, 3.8) is 0 Å². The third-order valence-corrected chi connectivity index (χ3v) is 3.55. The molecule has 0 radical (unpaired) electrons. The number of carbonyl (C=O) groups is 1. The van der Waals surface area contributed by atoms with E-state index in [0.29, 0.717) is 42.8 Å². The minimum Gasteiger partial charge on any atom is -0.493 e. The Morgan fingerprint density at radius 2 is 2.30 bits per heavy atom. The number of nitrogens with one attached hydrogen (secondary N) is 2. The number of morpholine rings is 1. The van der Waals surface area contributed by atoms with Crippen molar-refractivity contribution in [3.05, 3.63) is 22.7 Å². The average Bonchev–Trinajstić information content (AvgIpc) is 2.55. The Kier molecular flexibility index (Phi) is 8.47. The van der Waals surface area contributed by atoms with Crippen LogP contribution in [0.25, 0.3) is 0 Å². The molecule has 0 spiro atoms.